The van der Waals surface area contributed by atoms with E-state index in [1.807, 2.05) is 24.8 Å². The molecule has 0 spiro atoms. The SMILES string of the molecule is COCCN(CCOC)Cc1sc(Nc2c(C)cc(C)cc2Cl)nc1C(F)(F)F. The zero-order chi connectivity index (χ0) is 21.6. The third-order valence-electron chi connectivity index (χ3n) is 4.22. The van der Waals surface area contributed by atoms with Crippen molar-refractivity contribution in [3.63, 3.8) is 0 Å². The van der Waals surface area contributed by atoms with E-state index in [-0.39, 0.29) is 16.6 Å². The van der Waals surface area contributed by atoms with E-state index in [0.29, 0.717) is 37.0 Å². The molecule has 10 heteroatoms. The fraction of sp³-hybridized carbons (Fsp3) is 0.526. The summed E-state index contributed by atoms with van der Waals surface area (Å²) in [5, 5.41) is 3.56. The van der Waals surface area contributed by atoms with Crippen molar-refractivity contribution in [3.05, 3.63) is 38.9 Å². The van der Waals surface area contributed by atoms with Gasteiger partial charge >= 0.3 is 6.18 Å². The van der Waals surface area contributed by atoms with Gasteiger partial charge in [-0.05, 0) is 31.0 Å². The van der Waals surface area contributed by atoms with Gasteiger partial charge in [-0.2, -0.15) is 13.2 Å². The Morgan fingerprint density at radius 2 is 1.76 bits per heavy atom. The van der Waals surface area contributed by atoms with Crippen LogP contribution in [0.2, 0.25) is 5.02 Å². The van der Waals surface area contributed by atoms with E-state index in [0.717, 1.165) is 22.5 Å². The molecule has 0 aliphatic heterocycles. The number of aryl methyl sites for hydroxylation is 2. The standard InChI is InChI=1S/C19H25ClF3N3O2S/c1-12-9-13(2)16(14(20)10-12)24-18-25-17(19(21,22)23)15(29-18)11-26(5-7-27-3)6-8-28-4/h9-10H,5-8,11H2,1-4H3,(H,24,25). The zero-order valence-corrected chi connectivity index (χ0v) is 18.4. The normalized spacial score (nSPS) is 12.0. The summed E-state index contributed by atoms with van der Waals surface area (Å²) in [7, 11) is 3.11. The summed E-state index contributed by atoms with van der Waals surface area (Å²) in [6.45, 7) is 5.64. The monoisotopic (exact) mass is 451 g/mol. The highest BCUT2D eigenvalue weighted by Crippen LogP contribution is 2.39. The first-order valence-electron chi connectivity index (χ1n) is 8.96. The van der Waals surface area contributed by atoms with Crippen LogP contribution in [0, 0.1) is 13.8 Å². The van der Waals surface area contributed by atoms with Crippen molar-refractivity contribution in [2.45, 2.75) is 26.6 Å². The average Bonchev–Trinajstić information content (AvgIpc) is 3.03. The van der Waals surface area contributed by atoms with Crippen LogP contribution in [0.4, 0.5) is 24.0 Å². The van der Waals surface area contributed by atoms with Crippen molar-refractivity contribution in [1.29, 1.82) is 0 Å². The average molecular weight is 452 g/mol. The van der Waals surface area contributed by atoms with Crippen molar-refractivity contribution in [2.24, 2.45) is 0 Å². The van der Waals surface area contributed by atoms with Crippen molar-refractivity contribution >= 4 is 33.8 Å². The molecule has 1 heterocycles. The Balaban J connectivity index is 2.32. The minimum atomic E-state index is -4.55. The Kier molecular flexibility index (Phi) is 8.72. The zero-order valence-electron chi connectivity index (χ0n) is 16.8. The van der Waals surface area contributed by atoms with E-state index in [4.69, 9.17) is 21.1 Å². The molecule has 2 rings (SSSR count). The van der Waals surface area contributed by atoms with Crippen LogP contribution in [0.25, 0.3) is 0 Å². The molecular weight excluding hydrogens is 427 g/mol. The number of alkyl halides is 3. The van der Waals surface area contributed by atoms with Gasteiger partial charge in [0.1, 0.15) is 0 Å². The molecule has 1 aromatic heterocycles. The second kappa shape index (κ2) is 10.6. The number of rotatable bonds is 10. The number of thiazole rings is 1. The van der Waals surface area contributed by atoms with Gasteiger partial charge in [-0.15, -0.1) is 0 Å². The Bertz CT molecular complexity index is 783. The molecule has 0 radical (unpaired) electrons. The summed E-state index contributed by atoms with van der Waals surface area (Å²) >= 11 is 7.25. The first-order chi connectivity index (χ1) is 13.7. The largest absolute Gasteiger partial charge is 0.434 e. The van der Waals surface area contributed by atoms with Gasteiger partial charge in [0.05, 0.1) is 28.8 Å². The molecule has 0 amide bonds. The van der Waals surface area contributed by atoms with Gasteiger partial charge in [0.15, 0.2) is 10.8 Å². The van der Waals surface area contributed by atoms with E-state index in [9.17, 15) is 13.2 Å². The predicted octanol–water partition coefficient (Wildman–Crippen LogP) is 5.27. The predicted molar refractivity (Wildman–Crippen MR) is 110 cm³/mol. The second-order valence-corrected chi connectivity index (χ2v) is 8.10. The van der Waals surface area contributed by atoms with E-state index in [2.05, 4.69) is 10.3 Å². The molecule has 0 aliphatic rings. The summed E-state index contributed by atoms with van der Waals surface area (Å²) in [6.07, 6.45) is -4.55. The molecule has 0 saturated heterocycles. The minimum Gasteiger partial charge on any atom is -0.383 e. The third kappa shape index (κ3) is 6.82. The van der Waals surface area contributed by atoms with E-state index in [1.165, 1.54) is 0 Å². The summed E-state index contributed by atoms with van der Waals surface area (Å²) in [5.74, 6) is 0. The lowest BCUT2D eigenvalue weighted by atomic mass is 10.1. The first-order valence-corrected chi connectivity index (χ1v) is 10.2. The van der Waals surface area contributed by atoms with Crippen LogP contribution in [0.3, 0.4) is 0 Å². The number of anilines is 2. The maximum atomic E-state index is 13.6. The molecule has 2 aromatic rings. The Morgan fingerprint density at radius 1 is 1.14 bits per heavy atom. The summed E-state index contributed by atoms with van der Waals surface area (Å²) in [4.78, 5) is 5.81. The van der Waals surface area contributed by atoms with Gasteiger partial charge in [-0.1, -0.05) is 29.0 Å². The number of ether oxygens (including phenoxy) is 2. The number of nitrogens with zero attached hydrogens (tertiary/aromatic N) is 2. The van der Waals surface area contributed by atoms with E-state index >= 15 is 0 Å². The molecule has 162 valence electrons. The topological polar surface area (TPSA) is 46.6 Å². The molecule has 0 aliphatic carbocycles. The molecule has 0 bridgehead atoms. The van der Waals surface area contributed by atoms with E-state index in [1.54, 1.807) is 20.3 Å². The summed E-state index contributed by atoms with van der Waals surface area (Å²) < 4.78 is 50.9. The molecule has 0 fully saturated rings. The molecule has 1 N–H and O–H groups in total. The van der Waals surface area contributed by atoms with Crippen molar-refractivity contribution in [2.75, 3.05) is 45.8 Å². The Hall–Kier alpha value is -1.39. The lowest BCUT2D eigenvalue weighted by Crippen LogP contribution is -2.30. The van der Waals surface area contributed by atoms with Crippen LogP contribution in [0.15, 0.2) is 12.1 Å². The highest BCUT2D eigenvalue weighted by atomic mass is 35.5. The van der Waals surface area contributed by atoms with Gasteiger partial charge in [0.25, 0.3) is 0 Å². The van der Waals surface area contributed by atoms with Crippen LogP contribution in [0.1, 0.15) is 21.7 Å². The quantitative estimate of drug-likeness (QED) is 0.533. The molecule has 0 saturated carbocycles. The van der Waals surface area contributed by atoms with Gasteiger partial charge < -0.3 is 14.8 Å². The summed E-state index contributed by atoms with van der Waals surface area (Å²) in [5.41, 5.74) is 1.48. The van der Waals surface area contributed by atoms with Gasteiger partial charge in [0.2, 0.25) is 0 Å². The Morgan fingerprint density at radius 3 is 2.28 bits per heavy atom. The van der Waals surface area contributed by atoms with Crippen molar-refractivity contribution < 1.29 is 22.6 Å². The molecule has 0 atom stereocenters. The molecule has 1 aromatic carbocycles. The molecule has 5 nitrogen and oxygen atoms in total. The van der Waals surface area contributed by atoms with Gasteiger partial charge in [-0.3, -0.25) is 4.90 Å². The fourth-order valence-corrected chi connectivity index (χ4v) is 4.23. The maximum Gasteiger partial charge on any atom is 0.434 e. The van der Waals surface area contributed by atoms with Gasteiger partial charge in [-0.25, -0.2) is 4.98 Å². The molecule has 0 unspecified atom stereocenters. The van der Waals surface area contributed by atoms with Gasteiger partial charge in [0, 0.05) is 33.9 Å². The summed E-state index contributed by atoms with van der Waals surface area (Å²) in [6, 6.07) is 3.66. The maximum absolute atomic E-state index is 13.6. The van der Waals surface area contributed by atoms with Crippen LogP contribution >= 0.6 is 22.9 Å². The number of hydrogen-bond donors (Lipinski definition) is 1. The lowest BCUT2D eigenvalue weighted by molar-refractivity contribution is -0.141. The number of aromatic nitrogens is 1. The second-order valence-electron chi connectivity index (χ2n) is 6.61. The number of methoxy groups -OCH3 is 2. The lowest BCUT2D eigenvalue weighted by Gasteiger charge is -2.21. The van der Waals surface area contributed by atoms with Crippen molar-refractivity contribution in [1.82, 2.24) is 9.88 Å². The fourth-order valence-electron chi connectivity index (χ4n) is 2.83. The van der Waals surface area contributed by atoms with E-state index < -0.39 is 11.9 Å². The number of nitrogens with one attached hydrogen (secondary N) is 1. The number of halogens is 4. The first kappa shape index (κ1) is 23.9. The molecule has 29 heavy (non-hydrogen) atoms. The van der Waals surface area contributed by atoms with Crippen molar-refractivity contribution in [3.8, 4) is 0 Å². The van der Waals surface area contributed by atoms with Crippen LogP contribution in [0.5, 0.6) is 0 Å². The highest BCUT2D eigenvalue weighted by molar-refractivity contribution is 7.15. The van der Waals surface area contributed by atoms with Crippen LogP contribution in [-0.4, -0.2) is 50.4 Å². The number of benzene rings is 1. The smallest absolute Gasteiger partial charge is 0.383 e. The Labute approximate surface area is 177 Å². The molecular formula is C19H25ClF3N3O2S. The third-order valence-corrected chi connectivity index (χ3v) is 5.47. The minimum absolute atomic E-state index is 0.0987. The highest BCUT2D eigenvalue weighted by Gasteiger charge is 2.38. The number of hydrogen-bond acceptors (Lipinski definition) is 6. The van der Waals surface area contributed by atoms with Crippen LogP contribution in [-0.2, 0) is 22.2 Å². The van der Waals surface area contributed by atoms with Crippen LogP contribution < -0.4 is 5.32 Å².